The van der Waals surface area contributed by atoms with E-state index in [1.807, 2.05) is 0 Å². The highest BCUT2D eigenvalue weighted by molar-refractivity contribution is 6.32. The van der Waals surface area contributed by atoms with E-state index < -0.39 is 17.3 Å². The van der Waals surface area contributed by atoms with Crippen LogP contribution in [0.15, 0.2) is 47.9 Å². The minimum Gasteiger partial charge on any atom is -0.359 e. The maximum absolute atomic E-state index is 13.3. The summed E-state index contributed by atoms with van der Waals surface area (Å²) in [7, 11) is 0. The van der Waals surface area contributed by atoms with Gasteiger partial charge in [0.1, 0.15) is 5.82 Å². The van der Waals surface area contributed by atoms with Crippen LogP contribution in [0.4, 0.5) is 13.2 Å². The molecule has 1 aliphatic carbocycles. The number of hydrogen-bond acceptors (Lipinski definition) is 4. The second-order valence-corrected chi connectivity index (χ2v) is 9.14. The number of nitrogens with one attached hydrogen (secondary N) is 1. The Balaban J connectivity index is 1.62. The van der Waals surface area contributed by atoms with Crippen molar-refractivity contribution >= 4 is 28.2 Å². The summed E-state index contributed by atoms with van der Waals surface area (Å²) >= 11 is 5.93. The molecule has 5 nitrogen and oxygen atoms in total. The van der Waals surface area contributed by atoms with Crippen LogP contribution in [0.3, 0.4) is 0 Å². The predicted octanol–water partition coefficient (Wildman–Crippen LogP) is 6.30. The molecule has 0 amide bonds. The third kappa shape index (κ3) is 3.80. The zero-order valence-electron chi connectivity index (χ0n) is 18.2. The quantitative estimate of drug-likeness (QED) is 0.486. The lowest BCUT2D eigenvalue weighted by Crippen LogP contribution is -2.39. The Hall–Kier alpha value is -2.87. The van der Waals surface area contributed by atoms with E-state index in [0.717, 1.165) is 43.1 Å². The van der Waals surface area contributed by atoms with E-state index in [-0.39, 0.29) is 10.5 Å². The van der Waals surface area contributed by atoms with Gasteiger partial charge in [-0.25, -0.2) is 15.0 Å². The van der Waals surface area contributed by atoms with Gasteiger partial charge in [0.15, 0.2) is 5.82 Å². The molecule has 5 rings (SSSR count). The number of alkyl halides is 3. The van der Waals surface area contributed by atoms with Gasteiger partial charge in [-0.15, -0.1) is 0 Å². The van der Waals surface area contributed by atoms with Crippen molar-refractivity contribution in [2.75, 3.05) is 6.54 Å². The van der Waals surface area contributed by atoms with Crippen LogP contribution >= 0.6 is 11.6 Å². The van der Waals surface area contributed by atoms with Gasteiger partial charge in [0.2, 0.25) is 0 Å². The molecule has 3 heterocycles. The largest absolute Gasteiger partial charge is 0.417 e. The zero-order valence-corrected chi connectivity index (χ0v) is 18.9. The van der Waals surface area contributed by atoms with Gasteiger partial charge in [0, 0.05) is 36.6 Å². The zero-order chi connectivity index (χ0) is 23.4. The predicted molar refractivity (Wildman–Crippen MR) is 121 cm³/mol. The van der Waals surface area contributed by atoms with Crippen LogP contribution in [0.25, 0.3) is 16.6 Å². The number of benzene rings is 1. The Morgan fingerprint density at radius 2 is 1.94 bits per heavy atom. The monoisotopic (exact) mass is 472 g/mol. The van der Waals surface area contributed by atoms with E-state index in [9.17, 15) is 13.2 Å². The first-order chi connectivity index (χ1) is 15.7. The van der Waals surface area contributed by atoms with Crippen molar-refractivity contribution in [3.8, 4) is 0 Å². The fourth-order valence-electron chi connectivity index (χ4n) is 4.70. The number of nitrogens with zero attached hydrogens (tertiary/aromatic N) is 4. The summed E-state index contributed by atoms with van der Waals surface area (Å²) in [6.45, 7) is 4.93. The smallest absolute Gasteiger partial charge is 0.359 e. The summed E-state index contributed by atoms with van der Waals surface area (Å²) in [5.74, 6) is 1.26. The average Bonchev–Trinajstić information content (AvgIpc) is 3.37. The molecule has 1 atom stereocenters. The molecular formula is C24H22ClF3N5. The highest BCUT2D eigenvalue weighted by Gasteiger charge is 2.43. The lowest BCUT2D eigenvalue weighted by molar-refractivity contribution is -0.137. The molecule has 1 N–H and O–H groups in total. The van der Waals surface area contributed by atoms with E-state index in [0.29, 0.717) is 17.2 Å². The lowest BCUT2D eigenvalue weighted by atomic mass is 9.91. The van der Waals surface area contributed by atoms with E-state index in [1.54, 1.807) is 18.5 Å². The van der Waals surface area contributed by atoms with E-state index in [2.05, 4.69) is 51.2 Å². The summed E-state index contributed by atoms with van der Waals surface area (Å²) in [6, 6.07) is 4.10. The minimum atomic E-state index is -4.54. The number of halogens is 4. The second kappa shape index (κ2) is 7.87. The number of H-pyrrole nitrogens is 1. The molecule has 1 aromatic carbocycles. The van der Waals surface area contributed by atoms with Crippen molar-refractivity contribution < 1.29 is 13.2 Å². The number of likely N-dealkylation sites (tertiary alicyclic amines) is 1. The van der Waals surface area contributed by atoms with E-state index in [1.165, 1.54) is 11.6 Å². The van der Waals surface area contributed by atoms with Crippen LogP contribution in [0.2, 0.25) is 5.02 Å². The Bertz CT molecular complexity index is 1280. The van der Waals surface area contributed by atoms with Gasteiger partial charge in [0.25, 0.3) is 0 Å². The number of hydrogen-bond donors (Lipinski definition) is 1. The topological polar surface area (TPSA) is 57.7 Å². The fraction of sp³-hybridized carbons (Fsp3) is 0.333. The van der Waals surface area contributed by atoms with Crippen LogP contribution < -0.4 is 0 Å². The number of rotatable bonds is 3. The standard InChI is InChI=1S/C24H22ClF3N5/c1-14-5-6-15(21-29-8-4-9-30-21)20(11-14)33-10-3-7-23(33,2)22-31-18-12-16(24(26,27)28)17(25)13-19(18)32-22/h4,6,8-9,11-13H,3,5,7,10H2,1-2H3,(H,31,32)/t23-/m0/s1. The molecule has 1 aliphatic heterocycles. The summed E-state index contributed by atoms with van der Waals surface area (Å²) in [5.41, 5.74) is 2.48. The van der Waals surface area contributed by atoms with Gasteiger partial charge >= 0.3 is 6.18 Å². The van der Waals surface area contributed by atoms with Crippen molar-refractivity contribution in [3.63, 3.8) is 0 Å². The number of aromatic amines is 1. The first kappa shape index (κ1) is 21.9. The average molecular weight is 473 g/mol. The highest BCUT2D eigenvalue weighted by Crippen LogP contribution is 2.45. The molecule has 9 heteroatoms. The molecule has 1 saturated heterocycles. The molecule has 0 bridgehead atoms. The van der Waals surface area contributed by atoms with Crippen molar-refractivity contribution in [3.05, 3.63) is 76.6 Å². The van der Waals surface area contributed by atoms with Crippen LogP contribution in [0.5, 0.6) is 0 Å². The molecule has 0 unspecified atom stereocenters. The van der Waals surface area contributed by atoms with Crippen LogP contribution in [0.1, 0.15) is 50.3 Å². The SMILES string of the molecule is CC1=CC(N2CCC[C@@]2(C)c2nc3cc(C(F)(F)F)c(Cl)cc3[nH]2)=C(c2ncccn2)[CH]C1. The van der Waals surface area contributed by atoms with E-state index in [4.69, 9.17) is 11.6 Å². The molecular weight excluding hydrogens is 451 g/mol. The maximum atomic E-state index is 13.3. The molecule has 171 valence electrons. The molecule has 3 aromatic rings. The van der Waals surface area contributed by atoms with Crippen LogP contribution in [-0.4, -0.2) is 31.4 Å². The van der Waals surface area contributed by atoms with Gasteiger partial charge in [-0.2, -0.15) is 13.2 Å². The summed E-state index contributed by atoms with van der Waals surface area (Å²) in [4.78, 5) is 19.0. The lowest BCUT2D eigenvalue weighted by Gasteiger charge is -2.38. The Labute approximate surface area is 194 Å². The number of imidazole rings is 1. The van der Waals surface area contributed by atoms with Crippen molar-refractivity contribution in [2.45, 2.75) is 44.8 Å². The van der Waals surface area contributed by atoms with E-state index >= 15 is 0 Å². The Kier molecular flexibility index (Phi) is 5.23. The van der Waals surface area contributed by atoms with Gasteiger partial charge < -0.3 is 9.88 Å². The van der Waals surface area contributed by atoms with Crippen molar-refractivity contribution in [2.24, 2.45) is 0 Å². The molecule has 0 saturated carbocycles. The highest BCUT2D eigenvalue weighted by atomic mass is 35.5. The second-order valence-electron chi connectivity index (χ2n) is 8.73. The molecule has 2 aliphatic rings. The maximum Gasteiger partial charge on any atom is 0.417 e. The summed E-state index contributed by atoms with van der Waals surface area (Å²) in [5, 5.41) is -0.342. The molecule has 33 heavy (non-hydrogen) atoms. The minimum absolute atomic E-state index is 0.248. The Morgan fingerprint density at radius 1 is 1.18 bits per heavy atom. The molecule has 1 fully saturated rings. The first-order valence-corrected chi connectivity index (χ1v) is 11.1. The van der Waals surface area contributed by atoms with Crippen molar-refractivity contribution in [1.29, 1.82) is 0 Å². The fourth-order valence-corrected chi connectivity index (χ4v) is 4.97. The molecule has 2 aromatic heterocycles. The molecule has 0 spiro atoms. The van der Waals surface area contributed by atoms with Crippen molar-refractivity contribution in [1.82, 2.24) is 24.8 Å². The van der Waals surface area contributed by atoms with Gasteiger partial charge in [-0.05, 0) is 57.4 Å². The van der Waals surface area contributed by atoms with Crippen LogP contribution in [0, 0.1) is 6.42 Å². The third-order valence-electron chi connectivity index (χ3n) is 6.41. The summed E-state index contributed by atoms with van der Waals surface area (Å²) < 4.78 is 40.0. The number of allylic oxidation sites excluding steroid dienone is 3. The normalized spacial score (nSPS) is 21.8. The third-order valence-corrected chi connectivity index (χ3v) is 6.72. The molecule has 1 radical (unpaired) electrons. The van der Waals surface area contributed by atoms with Gasteiger partial charge in [-0.1, -0.05) is 17.2 Å². The Morgan fingerprint density at radius 3 is 2.67 bits per heavy atom. The summed E-state index contributed by atoms with van der Waals surface area (Å²) in [6.07, 6.45) is 5.71. The first-order valence-electron chi connectivity index (χ1n) is 10.7. The van der Waals surface area contributed by atoms with Gasteiger partial charge in [0.05, 0.1) is 27.2 Å². The van der Waals surface area contributed by atoms with Crippen LogP contribution in [-0.2, 0) is 11.7 Å². The number of fused-ring (bicyclic) bond motifs is 1. The van der Waals surface area contributed by atoms with Gasteiger partial charge in [-0.3, -0.25) is 0 Å². The number of aromatic nitrogens is 4.